The molecule has 0 aliphatic heterocycles. The Bertz CT molecular complexity index is 980. The molecule has 1 aromatic heterocycles. The third kappa shape index (κ3) is 6.09. The highest BCUT2D eigenvalue weighted by Crippen LogP contribution is 2.35. The number of fused-ring (bicyclic) bond motifs is 1. The van der Waals surface area contributed by atoms with E-state index in [1.165, 1.54) is 0 Å². The number of esters is 1. The van der Waals surface area contributed by atoms with Crippen molar-refractivity contribution in [3.8, 4) is 16.2 Å². The smallest absolute Gasteiger partial charge is 0.389 e. The van der Waals surface area contributed by atoms with Crippen LogP contribution < -0.4 is 4.74 Å². The largest absolute Gasteiger partial charge is 0.493 e. The zero-order chi connectivity index (χ0) is 20.9. The van der Waals surface area contributed by atoms with E-state index in [2.05, 4.69) is 12.6 Å². The summed E-state index contributed by atoms with van der Waals surface area (Å²) in [6, 6.07) is 17.4. The SMILES string of the molecule is C=CC(=O)OCC(COc1ccc2cc(-c3ccccc3)sc2c1)CC(F)(F)F. The molecule has 0 spiro atoms. The number of carbonyl (C=O) groups is 1. The van der Waals surface area contributed by atoms with Crippen LogP contribution in [-0.2, 0) is 9.53 Å². The molecule has 0 fully saturated rings. The first-order valence-electron chi connectivity index (χ1n) is 8.92. The summed E-state index contributed by atoms with van der Waals surface area (Å²) in [6.45, 7) is 2.63. The molecule has 3 rings (SSSR count). The summed E-state index contributed by atoms with van der Waals surface area (Å²) in [7, 11) is 0. The first kappa shape index (κ1) is 20.9. The minimum atomic E-state index is -4.38. The molecule has 29 heavy (non-hydrogen) atoms. The van der Waals surface area contributed by atoms with Gasteiger partial charge in [0.05, 0.1) is 19.6 Å². The number of carbonyl (C=O) groups excluding carboxylic acids is 1. The second-order valence-electron chi connectivity index (χ2n) is 6.51. The second-order valence-corrected chi connectivity index (χ2v) is 7.59. The summed E-state index contributed by atoms with van der Waals surface area (Å²) in [5.41, 5.74) is 1.10. The van der Waals surface area contributed by atoms with Gasteiger partial charge in [-0.15, -0.1) is 11.3 Å². The highest BCUT2D eigenvalue weighted by Gasteiger charge is 2.33. The molecule has 0 saturated carbocycles. The van der Waals surface area contributed by atoms with Crippen LogP contribution in [-0.4, -0.2) is 25.4 Å². The highest BCUT2D eigenvalue weighted by molar-refractivity contribution is 7.22. The fourth-order valence-corrected chi connectivity index (χ4v) is 3.91. The van der Waals surface area contributed by atoms with E-state index < -0.39 is 24.5 Å². The lowest BCUT2D eigenvalue weighted by atomic mass is 10.1. The number of rotatable bonds is 8. The summed E-state index contributed by atoms with van der Waals surface area (Å²) < 4.78 is 49.7. The van der Waals surface area contributed by atoms with Gasteiger partial charge in [0, 0.05) is 21.6 Å². The number of ether oxygens (including phenoxy) is 2. The van der Waals surface area contributed by atoms with Gasteiger partial charge in [-0.3, -0.25) is 0 Å². The van der Waals surface area contributed by atoms with Crippen LogP contribution in [0, 0.1) is 5.92 Å². The van der Waals surface area contributed by atoms with Gasteiger partial charge in [-0.1, -0.05) is 36.9 Å². The lowest BCUT2D eigenvalue weighted by molar-refractivity contribution is -0.157. The van der Waals surface area contributed by atoms with E-state index in [1.807, 2.05) is 42.5 Å². The van der Waals surface area contributed by atoms with E-state index in [0.717, 1.165) is 26.6 Å². The van der Waals surface area contributed by atoms with Crippen LogP contribution in [0.4, 0.5) is 13.2 Å². The van der Waals surface area contributed by atoms with Crippen LogP contribution >= 0.6 is 11.3 Å². The van der Waals surface area contributed by atoms with Gasteiger partial charge >= 0.3 is 12.1 Å². The lowest BCUT2D eigenvalue weighted by Gasteiger charge is -2.19. The van der Waals surface area contributed by atoms with Crippen molar-refractivity contribution in [1.29, 1.82) is 0 Å². The van der Waals surface area contributed by atoms with E-state index >= 15 is 0 Å². The van der Waals surface area contributed by atoms with Gasteiger partial charge in [-0.25, -0.2) is 4.79 Å². The Kier molecular flexibility index (Phi) is 6.59. The van der Waals surface area contributed by atoms with Crippen LogP contribution in [0.25, 0.3) is 20.5 Å². The molecule has 0 N–H and O–H groups in total. The number of hydrogen-bond donors (Lipinski definition) is 0. The van der Waals surface area contributed by atoms with Crippen molar-refractivity contribution in [2.75, 3.05) is 13.2 Å². The molecule has 1 atom stereocenters. The van der Waals surface area contributed by atoms with Crippen LogP contribution in [0.1, 0.15) is 6.42 Å². The van der Waals surface area contributed by atoms with Gasteiger partial charge in [0.2, 0.25) is 0 Å². The van der Waals surface area contributed by atoms with Gasteiger partial charge in [0.25, 0.3) is 0 Å². The number of benzene rings is 2. The van der Waals surface area contributed by atoms with E-state index in [1.54, 1.807) is 17.4 Å². The van der Waals surface area contributed by atoms with E-state index in [9.17, 15) is 18.0 Å². The molecule has 0 saturated heterocycles. The van der Waals surface area contributed by atoms with Crippen LogP contribution in [0.2, 0.25) is 0 Å². The Labute approximate surface area is 170 Å². The third-order valence-electron chi connectivity index (χ3n) is 4.18. The maximum Gasteiger partial charge on any atom is 0.389 e. The van der Waals surface area contributed by atoms with Crippen molar-refractivity contribution >= 4 is 27.4 Å². The number of thiophene rings is 1. The van der Waals surface area contributed by atoms with Gasteiger partial charge in [-0.2, -0.15) is 13.2 Å². The molecule has 2 aromatic carbocycles. The zero-order valence-corrected chi connectivity index (χ0v) is 16.3. The molecule has 7 heteroatoms. The molecule has 3 aromatic rings. The summed E-state index contributed by atoms with van der Waals surface area (Å²) in [5.74, 6) is -1.29. The number of alkyl halides is 3. The average molecular weight is 420 g/mol. The van der Waals surface area contributed by atoms with Crippen molar-refractivity contribution < 1.29 is 27.4 Å². The molecule has 0 amide bonds. The summed E-state index contributed by atoms with van der Waals surface area (Å²) in [4.78, 5) is 12.3. The first-order chi connectivity index (χ1) is 13.8. The van der Waals surface area contributed by atoms with E-state index in [0.29, 0.717) is 5.75 Å². The summed E-state index contributed by atoms with van der Waals surface area (Å²) >= 11 is 1.59. The van der Waals surface area contributed by atoms with Crippen molar-refractivity contribution in [2.24, 2.45) is 5.92 Å². The van der Waals surface area contributed by atoms with Gasteiger partial charge < -0.3 is 9.47 Å². The third-order valence-corrected chi connectivity index (χ3v) is 5.33. The molecular weight excluding hydrogens is 401 g/mol. The van der Waals surface area contributed by atoms with Crippen molar-refractivity contribution in [1.82, 2.24) is 0 Å². The Morgan fingerprint density at radius 2 is 1.86 bits per heavy atom. The lowest BCUT2D eigenvalue weighted by Crippen LogP contribution is -2.25. The standard InChI is InChI=1S/C22H19F3O3S/c1-2-21(26)28-14-15(12-22(23,24)25)13-27-18-9-8-17-10-19(29-20(17)11-18)16-6-4-3-5-7-16/h2-11,15H,1,12-14H2. The molecule has 0 radical (unpaired) electrons. The fourth-order valence-electron chi connectivity index (χ4n) is 2.81. The molecule has 0 aliphatic carbocycles. The Morgan fingerprint density at radius 1 is 1.10 bits per heavy atom. The van der Waals surface area contributed by atoms with Crippen molar-refractivity contribution in [3.05, 3.63) is 67.3 Å². The van der Waals surface area contributed by atoms with Gasteiger partial charge in [0.15, 0.2) is 0 Å². The molecular formula is C22H19F3O3S. The van der Waals surface area contributed by atoms with Gasteiger partial charge in [-0.05, 0) is 35.2 Å². The quantitative estimate of drug-likeness (QED) is 0.319. The molecule has 1 heterocycles. The zero-order valence-electron chi connectivity index (χ0n) is 15.4. The summed E-state index contributed by atoms with van der Waals surface area (Å²) in [6.07, 6.45) is -4.56. The predicted octanol–water partition coefficient (Wildman–Crippen LogP) is 6.24. The maximum absolute atomic E-state index is 12.8. The summed E-state index contributed by atoms with van der Waals surface area (Å²) in [5, 5.41) is 1.04. The fraction of sp³-hybridized carbons (Fsp3) is 0.227. The Hall–Kier alpha value is -2.80. The topological polar surface area (TPSA) is 35.5 Å². The normalized spacial score (nSPS) is 12.5. The van der Waals surface area contributed by atoms with E-state index in [-0.39, 0.29) is 13.2 Å². The average Bonchev–Trinajstić information content (AvgIpc) is 3.13. The monoisotopic (exact) mass is 420 g/mol. The molecule has 0 aliphatic rings. The van der Waals surface area contributed by atoms with Crippen LogP contribution in [0.3, 0.4) is 0 Å². The Balaban J connectivity index is 1.70. The highest BCUT2D eigenvalue weighted by atomic mass is 32.1. The minimum absolute atomic E-state index is 0.216. The predicted molar refractivity (Wildman–Crippen MR) is 108 cm³/mol. The van der Waals surface area contributed by atoms with Crippen molar-refractivity contribution in [3.63, 3.8) is 0 Å². The molecule has 0 bridgehead atoms. The first-order valence-corrected chi connectivity index (χ1v) is 9.73. The molecule has 1 unspecified atom stereocenters. The minimum Gasteiger partial charge on any atom is -0.493 e. The van der Waals surface area contributed by atoms with Crippen LogP contribution in [0.15, 0.2) is 67.3 Å². The molecule has 3 nitrogen and oxygen atoms in total. The van der Waals surface area contributed by atoms with E-state index in [4.69, 9.17) is 9.47 Å². The van der Waals surface area contributed by atoms with Crippen LogP contribution in [0.5, 0.6) is 5.75 Å². The van der Waals surface area contributed by atoms with Crippen molar-refractivity contribution in [2.45, 2.75) is 12.6 Å². The molecule has 152 valence electrons. The second kappa shape index (κ2) is 9.13. The Morgan fingerprint density at radius 3 is 2.55 bits per heavy atom. The van der Waals surface area contributed by atoms with Gasteiger partial charge in [0.1, 0.15) is 5.75 Å². The number of hydrogen-bond acceptors (Lipinski definition) is 4. The maximum atomic E-state index is 12.8. The number of halogens is 3.